The molecule has 1 unspecified atom stereocenters. The fourth-order valence-corrected chi connectivity index (χ4v) is 7.10. The number of hydrogen-bond donors (Lipinski definition) is 2. The molecule has 2 fully saturated rings. The van der Waals surface area contributed by atoms with Gasteiger partial charge in [-0.05, 0) is 19.3 Å². The van der Waals surface area contributed by atoms with E-state index < -0.39 is 25.1 Å². The highest BCUT2D eigenvalue weighted by atomic mass is 32.2. The molecule has 0 aromatic carbocycles. The molecule has 2 aliphatic rings. The Morgan fingerprint density at radius 2 is 1.89 bits per heavy atom. The van der Waals surface area contributed by atoms with Gasteiger partial charge in [-0.15, -0.1) is 0 Å². The molecule has 2 N–H and O–H groups in total. The maximum absolute atomic E-state index is 12.1. The minimum absolute atomic E-state index is 0.0293. The summed E-state index contributed by atoms with van der Waals surface area (Å²) in [6, 6.07) is 0. The van der Waals surface area contributed by atoms with E-state index in [-0.39, 0.29) is 36.5 Å². The van der Waals surface area contributed by atoms with Crippen LogP contribution in [-0.2, 0) is 19.9 Å². The van der Waals surface area contributed by atoms with Crippen molar-refractivity contribution in [1.29, 1.82) is 0 Å². The minimum atomic E-state index is -3.61. The Morgan fingerprint density at radius 1 is 1.26 bits per heavy atom. The lowest BCUT2D eigenvalue weighted by molar-refractivity contribution is 0.134. The summed E-state index contributed by atoms with van der Waals surface area (Å²) in [5, 5.41) is 8.59. The third-order valence-corrected chi connectivity index (χ3v) is 8.08. The maximum atomic E-state index is 12.1. The fourth-order valence-electron chi connectivity index (χ4n) is 2.89. The van der Waals surface area contributed by atoms with Crippen LogP contribution in [0.2, 0.25) is 0 Å². The molecular weight excluding hydrogens is 290 g/mol. The lowest BCUT2D eigenvalue weighted by Gasteiger charge is -2.27. The van der Waals surface area contributed by atoms with E-state index in [2.05, 4.69) is 4.72 Å². The van der Waals surface area contributed by atoms with E-state index >= 15 is 0 Å². The van der Waals surface area contributed by atoms with Crippen molar-refractivity contribution in [3.63, 3.8) is 0 Å². The summed E-state index contributed by atoms with van der Waals surface area (Å²) in [6.45, 7) is 0.181. The van der Waals surface area contributed by atoms with Gasteiger partial charge in [0.15, 0.2) is 9.84 Å². The summed E-state index contributed by atoms with van der Waals surface area (Å²) in [6.07, 6.45) is 3.80. The topological polar surface area (TPSA) is 101 Å². The van der Waals surface area contributed by atoms with Crippen LogP contribution in [0.25, 0.3) is 0 Å². The van der Waals surface area contributed by atoms with Gasteiger partial charge < -0.3 is 5.11 Å². The van der Waals surface area contributed by atoms with E-state index in [0.717, 1.165) is 25.7 Å². The van der Waals surface area contributed by atoms with Crippen molar-refractivity contribution in [2.24, 2.45) is 5.41 Å². The predicted octanol–water partition coefficient (Wildman–Crippen LogP) is -0.354. The second kappa shape index (κ2) is 5.31. The van der Waals surface area contributed by atoms with Crippen LogP contribution in [0.15, 0.2) is 0 Å². The largest absolute Gasteiger partial charge is 0.396 e. The highest BCUT2D eigenvalue weighted by molar-refractivity contribution is 7.95. The van der Waals surface area contributed by atoms with E-state index in [4.69, 9.17) is 0 Å². The average molecular weight is 311 g/mol. The van der Waals surface area contributed by atoms with Crippen molar-refractivity contribution in [3.8, 4) is 0 Å². The predicted molar refractivity (Wildman–Crippen MR) is 72.0 cm³/mol. The molecule has 0 amide bonds. The van der Waals surface area contributed by atoms with Crippen LogP contribution < -0.4 is 4.72 Å². The zero-order valence-corrected chi connectivity index (χ0v) is 12.5. The highest BCUT2D eigenvalue weighted by Gasteiger charge is 2.39. The molecular formula is C11H21NO5S2. The minimum Gasteiger partial charge on any atom is -0.396 e. The van der Waals surface area contributed by atoms with Gasteiger partial charge in [-0.3, -0.25) is 0 Å². The number of aliphatic hydroxyl groups excluding tert-OH is 1. The summed E-state index contributed by atoms with van der Waals surface area (Å²) >= 11 is 0. The molecule has 2 rings (SSSR count). The number of sulfone groups is 1. The standard InChI is InChI=1S/C11H21NO5S2/c13-9-11(4-1-2-5-11)8-12-19(16,17)10-3-6-18(14,15)7-10/h10,12-13H,1-9H2. The maximum Gasteiger partial charge on any atom is 0.215 e. The Balaban J connectivity index is 1.98. The fraction of sp³-hybridized carbons (Fsp3) is 1.00. The first-order valence-electron chi connectivity index (χ1n) is 6.58. The molecule has 1 aliphatic carbocycles. The lowest BCUT2D eigenvalue weighted by atomic mass is 9.88. The molecule has 1 atom stereocenters. The van der Waals surface area contributed by atoms with Crippen LogP contribution in [0.3, 0.4) is 0 Å². The first-order valence-corrected chi connectivity index (χ1v) is 9.95. The van der Waals surface area contributed by atoms with Gasteiger partial charge in [0.05, 0.1) is 16.8 Å². The van der Waals surface area contributed by atoms with E-state index in [1.54, 1.807) is 0 Å². The Labute approximate surface area is 114 Å². The van der Waals surface area contributed by atoms with Gasteiger partial charge >= 0.3 is 0 Å². The quantitative estimate of drug-likeness (QED) is 0.722. The summed E-state index contributed by atoms with van der Waals surface area (Å²) in [5.41, 5.74) is -0.357. The van der Waals surface area contributed by atoms with Crippen molar-refractivity contribution in [1.82, 2.24) is 4.72 Å². The van der Waals surface area contributed by atoms with Crippen LogP contribution in [0, 0.1) is 5.41 Å². The van der Waals surface area contributed by atoms with E-state index in [1.165, 1.54) is 0 Å². The lowest BCUT2D eigenvalue weighted by Crippen LogP contribution is -2.42. The molecule has 1 saturated heterocycles. The molecule has 1 saturated carbocycles. The summed E-state index contributed by atoms with van der Waals surface area (Å²) < 4.78 is 49.3. The molecule has 0 aromatic heterocycles. The average Bonchev–Trinajstić information content (AvgIpc) is 2.94. The second-order valence-corrected chi connectivity index (χ2v) is 10.0. The number of nitrogens with one attached hydrogen (secondary N) is 1. The number of sulfonamides is 1. The smallest absolute Gasteiger partial charge is 0.215 e. The molecule has 0 spiro atoms. The molecule has 112 valence electrons. The van der Waals surface area contributed by atoms with E-state index in [9.17, 15) is 21.9 Å². The summed E-state index contributed by atoms with van der Waals surface area (Å²) in [4.78, 5) is 0. The van der Waals surface area contributed by atoms with Crippen LogP contribution in [-0.4, -0.2) is 51.8 Å². The number of aliphatic hydroxyl groups is 1. The van der Waals surface area contributed by atoms with Gasteiger partial charge in [-0.2, -0.15) is 0 Å². The third-order valence-electron chi connectivity index (χ3n) is 4.28. The SMILES string of the molecule is O=S1(=O)CCC(S(=O)(=O)NCC2(CO)CCCC2)C1. The molecule has 8 heteroatoms. The summed E-state index contributed by atoms with van der Waals surface area (Å²) in [5.74, 6) is -0.335. The molecule has 0 bridgehead atoms. The first-order chi connectivity index (χ1) is 8.79. The molecule has 19 heavy (non-hydrogen) atoms. The second-order valence-electron chi connectivity index (χ2n) is 5.76. The van der Waals surface area contributed by atoms with Crippen molar-refractivity contribution in [2.45, 2.75) is 37.4 Å². The van der Waals surface area contributed by atoms with Crippen molar-refractivity contribution in [2.75, 3.05) is 24.7 Å². The Hall–Kier alpha value is -0.180. The molecule has 1 aliphatic heterocycles. The Bertz CT molecular complexity index is 519. The van der Waals surface area contributed by atoms with Gasteiger partial charge in [0.1, 0.15) is 0 Å². The van der Waals surface area contributed by atoms with Crippen LogP contribution in [0.5, 0.6) is 0 Å². The Morgan fingerprint density at radius 3 is 2.37 bits per heavy atom. The van der Waals surface area contributed by atoms with Gasteiger partial charge in [0, 0.05) is 18.6 Å². The van der Waals surface area contributed by atoms with Crippen molar-refractivity contribution < 1.29 is 21.9 Å². The van der Waals surface area contributed by atoms with Crippen LogP contribution in [0.1, 0.15) is 32.1 Å². The van der Waals surface area contributed by atoms with Crippen LogP contribution >= 0.6 is 0 Å². The van der Waals surface area contributed by atoms with Gasteiger partial charge in [0.25, 0.3) is 0 Å². The van der Waals surface area contributed by atoms with Crippen molar-refractivity contribution >= 4 is 19.9 Å². The third kappa shape index (κ3) is 3.48. The van der Waals surface area contributed by atoms with Gasteiger partial charge in [-0.25, -0.2) is 21.6 Å². The zero-order chi connectivity index (χ0) is 14.1. The Kier molecular flexibility index (Phi) is 4.25. The van der Waals surface area contributed by atoms with E-state index in [0.29, 0.717) is 0 Å². The zero-order valence-electron chi connectivity index (χ0n) is 10.8. The highest BCUT2D eigenvalue weighted by Crippen LogP contribution is 2.37. The van der Waals surface area contributed by atoms with Gasteiger partial charge in [-0.1, -0.05) is 12.8 Å². The molecule has 0 aromatic rings. The van der Waals surface area contributed by atoms with Crippen molar-refractivity contribution in [3.05, 3.63) is 0 Å². The number of hydrogen-bond acceptors (Lipinski definition) is 5. The van der Waals surface area contributed by atoms with E-state index in [1.807, 2.05) is 0 Å². The van der Waals surface area contributed by atoms with Crippen LogP contribution in [0.4, 0.5) is 0 Å². The number of rotatable bonds is 5. The summed E-state index contributed by atoms with van der Waals surface area (Å²) in [7, 11) is -6.81. The van der Waals surface area contributed by atoms with Gasteiger partial charge in [0.2, 0.25) is 10.0 Å². The molecule has 0 radical (unpaired) electrons. The normalized spacial score (nSPS) is 29.6. The molecule has 1 heterocycles. The first kappa shape index (κ1) is 15.2. The molecule has 6 nitrogen and oxygen atoms in total. The monoisotopic (exact) mass is 311 g/mol.